The Labute approximate surface area is 164 Å². The molecule has 0 aliphatic carbocycles. The van der Waals surface area contributed by atoms with Gasteiger partial charge in [0.25, 0.3) is 5.91 Å². The van der Waals surface area contributed by atoms with Crippen LogP contribution in [0.5, 0.6) is 5.75 Å². The number of benzene rings is 2. The van der Waals surface area contributed by atoms with Gasteiger partial charge in [-0.15, -0.1) is 0 Å². The number of nitrogens with zero attached hydrogens (tertiary/aromatic N) is 3. The molecule has 0 aromatic heterocycles. The van der Waals surface area contributed by atoms with E-state index >= 15 is 0 Å². The second kappa shape index (κ2) is 8.42. The molecule has 0 N–H and O–H groups in total. The number of nitriles is 1. The van der Waals surface area contributed by atoms with E-state index < -0.39 is 10.0 Å². The molecule has 8 heteroatoms. The second-order valence-corrected chi connectivity index (χ2v) is 8.17. The number of amides is 1. The first kappa shape index (κ1) is 19.9. The van der Waals surface area contributed by atoms with Crippen LogP contribution in [0.3, 0.4) is 0 Å². The predicted octanol–water partition coefficient (Wildman–Crippen LogP) is 2.10. The van der Waals surface area contributed by atoms with E-state index in [1.807, 2.05) is 13.0 Å². The smallest absolute Gasteiger partial charge is 0.253 e. The number of carbonyl (C=O) groups excluding carboxylic acids is 1. The maximum Gasteiger partial charge on any atom is 0.253 e. The minimum atomic E-state index is -3.77. The molecule has 28 heavy (non-hydrogen) atoms. The van der Waals surface area contributed by atoms with Crippen LogP contribution in [0.25, 0.3) is 0 Å². The van der Waals surface area contributed by atoms with Gasteiger partial charge in [0.1, 0.15) is 11.8 Å². The summed E-state index contributed by atoms with van der Waals surface area (Å²) in [7, 11) is -3.77. The van der Waals surface area contributed by atoms with Crippen LogP contribution in [0.4, 0.5) is 0 Å². The fourth-order valence-electron chi connectivity index (χ4n) is 3.10. The van der Waals surface area contributed by atoms with Crippen molar-refractivity contribution in [2.75, 3.05) is 32.8 Å². The van der Waals surface area contributed by atoms with Crippen LogP contribution in [0.2, 0.25) is 0 Å². The molecular formula is C20H21N3O4S. The summed E-state index contributed by atoms with van der Waals surface area (Å²) in [5.74, 6) is 0.559. The molecule has 0 unspecified atom stereocenters. The molecule has 2 aromatic rings. The second-order valence-electron chi connectivity index (χ2n) is 6.26. The highest BCUT2D eigenvalue weighted by Gasteiger charge is 2.31. The van der Waals surface area contributed by atoms with Crippen molar-refractivity contribution in [3.05, 3.63) is 59.7 Å². The Hall–Kier alpha value is -2.89. The van der Waals surface area contributed by atoms with Crippen molar-refractivity contribution < 1.29 is 17.9 Å². The molecule has 1 saturated heterocycles. The first-order valence-corrected chi connectivity index (χ1v) is 10.4. The number of hydrogen-bond donors (Lipinski definition) is 0. The van der Waals surface area contributed by atoms with Crippen LogP contribution in [0, 0.1) is 11.3 Å². The van der Waals surface area contributed by atoms with Gasteiger partial charge in [-0.05, 0) is 43.3 Å². The molecule has 1 aliphatic heterocycles. The van der Waals surface area contributed by atoms with E-state index in [0.29, 0.717) is 31.0 Å². The molecule has 2 aromatic carbocycles. The maximum atomic E-state index is 12.9. The zero-order chi connectivity index (χ0) is 20.1. The lowest BCUT2D eigenvalue weighted by Crippen LogP contribution is -2.50. The Morgan fingerprint density at radius 2 is 1.71 bits per heavy atom. The summed E-state index contributed by atoms with van der Waals surface area (Å²) in [4.78, 5) is 14.3. The summed E-state index contributed by atoms with van der Waals surface area (Å²) in [6.45, 7) is 3.40. The first-order chi connectivity index (χ1) is 13.5. The zero-order valence-corrected chi connectivity index (χ0v) is 16.4. The SMILES string of the molecule is CCOc1ccc(C(=O)N2CCN(S(=O)(=O)c3ccccc3C#N)CC2)cc1. The number of hydrogen-bond acceptors (Lipinski definition) is 5. The first-order valence-electron chi connectivity index (χ1n) is 8.98. The summed E-state index contributed by atoms with van der Waals surface area (Å²) < 4.78 is 32.4. The van der Waals surface area contributed by atoms with E-state index in [1.165, 1.54) is 16.4 Å². The molecule has 1 amide bonds. The third-order valence-corrected chi connectivity index (χ3v) is 6.52. The number of ether oxygens (including phenoxy) is 1. The summed E-state index contributed by atoms with van der Waals surface area (Å²) in [5, 5.41) is 9.18. The van der Waals surface area contributed by atoms with E-state index in [4.69, 9.17) is 4.74 Å². The van der Waals surface area contributed by atoms with Gasteiger partial charge in [0, 0.05) is 31.7 Å². The van der Waals surface area contributed by atoms with Crippen molar-refractivity contribution in [2.24, 2.45) is 0 Å². The Bertz CT molecular complexity index is 989. The van der Waals surface area contributed by atoms with Crippen molar-refractivity contribution in [3.8, 4) is 11.8 Å². The van der Waals surface area contributed by atoms with Gasteiger partial charge in [-0.2, -0.15) is 9.57 Å². The average molecular weight is 399 g/mol. The fraction of sp³-hybridized carbons (Fsp3) is 0.300. The van der Waals surface area contributed by atoms with Crippen LogP contribution in [0.15, 0.2) is 53.4 Å². The van der Waals surface area contributed by atoms with Crippen LogP contribution in [-0.2, 0) is 10.0 Å². The standard InChI is InChI=1S/C20H21N3O4S/c1-2-27-18-9-7-16(8-10-18)20(24)22-11-13-23(14-12-22)28(25,26)19-6-4-3-5-17(19)15-21/h3-10H,2,11-14H2,1H3. The molecule has 3 rings (SSSR count). The number of rotatable bonds is 5. The monoisotopic (exact) mass is 399 g/mol. The number of carbonyl (C=O) groups is 1. The maximum absolute atomic E-state index is 12.9. The Morgan fingerprint density at radius 3 is 2.32 bits per heavy atom. The molecule has 1 fully saturated rings. The van der Waals surface area contributed by atoms with Crippen LogP contribution in [0.1, 0.15) is 22.8 Å². The molecule has 0 atom stereocenters. The van der Waals surface area contributed by atoms with Crippen molar-refractivity contribution in [1.29, 1.82) is 5.26 Å². The molecule has 0 saturated carbocycles. The van der Waals surface area contributed by atoms with E-state index in [2.05, 4.69) is 0 Å². The topological polar surface area (TPSA) is 90.7 Å². The van der Waals surface area contributed by atoms with Gasteiger partial charge in [-0.3, -0.25) is 4.79 Å². The summed E-state index contributed by atoms with van der Waals surface area (Å²) in [6.07, 6.45) is 0. The molecule has 0 bridgehead atoms. The number of sulfonamides is 1. The van der Waals surface area contributed by atoms with Crippen molar-refractivity contribution in [1.82, 2.24) is 9.21 Å². The van der Waals surface area contributed by atoms with E-state index in [1.54, 1.807) is 41.3 Å². The van der Waals surface area contributed by atoms with Crippen LogP contribution >= 0.6 is 0 Å². The van der Waals surface area contributed by atoms with Gasteiger partial charge >= 0.3 is 0 Å². The molecule has 1 heterocycles. The number of piperazine rings is 1. The summed E-state index contributed by atoms with van der Waals surface area (Å²) in [5.41, 5.74) is 0.657. The molecular weight excluding hydrogens is 378 g/mol. The van der Waals surface area contributed by atoms with Gasteiger partial charge in [0.2, 0.25) is 10.0 Å². The van der Waals surface area contributed by atoms with Crippen molar-refractivity contribution in [2.45, 2.75) is 11.8 Å². The van der Waals surface area contributed by atoms with E-state index in [0.717, 1.165) is 0 Å². The van der Waals surface area contributed by atoms with Gasteiger partial charge < -0.3 is 9.64 Å². The summed E-state index contributed by atoms with van der Waals surface area (Å²) >= 11 is 0. The molecule has 7 nitrogen and oxygen atoms in total. The highest BCUT2D eigenvalue weighted by molar-refractivity contribution is 7.89. The third-order valence-electron chi connectivity index (χ3n) is 4.56. The lowest BCUT2D eigenvalue weighted by molar-refractivity contribution is 0.0698. The van der Waals surface area contributed by atoms with Gasteiger partial charge in [0.15, 0.2) is 0 Å². The minimum Gasteiger partial charge on any atom is -0.494 e. The summed E-state index contributed by atoms with van der Waals surface area (Å²) in [6, 6.07) is 15.0. The molecule has 1 aliphatic rings. The van der Waals surface area contributed by atoms with Gasteiger partial charge in [-0.1, -0.05) is 12.1 Å². The minimum absolute atomic E-state index is 0.00351. The Kier molecular flexibility index (Phi) is 5.97. The molecule has 0 radical (unpaired) electrons. The Morgan fingerprint density at radius 1 is 1.07 bits per heavy atom. The third kappa shape index (κ3) is 4.01. The lowest BCUT2D eigenvalue weighted by Gasteiger charge is -2.34. The van der Waals surface area contributed by atoms with Crippen molar-refractivity contribution >= 4 is 15.9 Å². The van der Waals surface area contributed by atoms with E-state index in [-0.39, 0.29) is 29.5 Å². The Balaban J connectivity index is 1.68. The highest BCUT2D eigenvalue weighted by atomic mass is 32.2. The van der Waals surface area contributed by atoms with Gasteiger partial charge in [-0.25, -0.2) is 8.42 Å². The lowest BCUT2D eigenvalue weighted by atomic mass is 10.2. The predicted molar refractivity (Wildman–Crippen MR) is 103 cm³/mol. The largest absolute Gasteiger partial charge is 0.494 e. The molecule has 0 spiro atoms. The zero-order valence-electron chi connectivity index (χ0n) is 15.5. The van der Waals surface area contributed by atoms with Crippen LogP contribution in [-0.4, -0.2) is 56.3 Å². The highest BCUT2D eigenvalue weighted by Crippen LogP contribution is 2.22. The van der Waals surface area contributed by atoms with E-state index in [9.17, 15) is 18.5 Å². The van der Waals surface area contributed by atoms with Crippen LogP contribution < -0.4 is 4.74 Å². The average Bonchev–Trinajstić information content (AvgIpc) is 2.74. The normalized spacial score (nSPS) is 15.1. The van der Waals surface area contributed by atoms with Gasteiger partial charge in [0.05, 0.1) is 17.1 Å². The van der Waals surface area contributed by atoms with Crippen molar-refractivity contribution in [3.63, 3.8) is 0 Å². The fourth-order valence-corrected chi connectivity index (χ4v) is 4.66. The quantitative estimate of drug-likeness (QED) is 0.768. The molecule has 146 valence electrons.